The summed E-state index contributed by atoms with van der Waals surface area (Å²) >= 11 is 1.06. The monoisotopic (exact) mass is 428 g/mol. The number of halogens is 2. The van der Waals surface area contributed by atoms with Gasteiger partial charge in [0.05, 0.1) is 31.0 Å². The lowest BCUT2D eigenvalue weighted by Crippen LogP contribution is -2.31. The number of nitrogens with zero attached hydrogens (tertiary/aromatic N) is 2. The molecule has 5 nitrogen and oxygen atoms in total. The number of methoxy groups -OCH3 is 1. The predicted molar refractivity (Wildman–Crippen MR) is 111 cm³/mol. The molecule has 2 aromatic heterocycles. The number of carbonyl (C=O) groups excluding carboxylic acids is 1. The number of rotatable bonds is 6. The number of hydrogen-bond acceptors (Lipinski definition) is 5. The van der Waals surface area contributed by atoms with E-state index in [2.05, 4.69) is 4.98 Å². The first kappa shape index (κ1) is 20.0. The van der Waals surface area contributed by atoms with Gasteiger partial charge >= 0.3 is 0 Å². The maximum Gasteiger partial charge on any atom is 0.233 e. The Kier molecular flexibility index (Phi) is 5.50. The van der Waals surface area contributed by atoms with Gasteiger partial charge in [-0.15, -0.1) is 0 Å². The summed E-state index contributed by atoms with van der Waals surface area (Å²) in [5.41, 5.74) is 1.76. The minimum Gasteiger partial charge on any atom is -0.496 e. The van der Waals surface area contributed by atoms with Crippen LogP contribution in [0.4, 0.5) is 13.9 Å². The van der Waals surface area contributed by atoms with E-state index in [4.69, 9.17) is 9.15 Å². The van der Waals surface area contributed by atoms with Gasteiger partial charge in [0.1, 0.15) is 22.8 Å². The Balaban J connectivity index is 1.68. The fourth-order valence-corrected chi connectivity index (χ4v) is 4.22. The van der Waals surface area contributed by atoms with E-state index in [1.807, 2.05) is 25.1 Å². The van der Waals surface area contributed by atoms with Gasteiger partial charge in [-0.25, -0.2) is 13.8 Å². The lowest BCUT2D eigenvalue weighted by Gasteiger charge is -2.19. The fourth-order valence-electron chi connectivity index (χ4n) is 3.20. The second-order valence-electron chi connectivity index (χ2n) is 6.77. The first-order chi connectivity index (χ1) is 14.4. The molecule has 1 amide bonds. The van der Waals surface area contributed by atoms with Crippen LogP contribution < -0.4 is 9.64 Å². The van der Waals surface area contributed by atoms with Crippen molar-refractivity contribution in [1.29, 1.82) is 0 Å². The van der Waals surface area contributed by atoms with E-state index in [-0.39, 0.29) is 29.5 Å². The van der Waals surface area contributed by atoms with Gasteiger partial charge in [0, 0.05) is 6.07 Å². The Morgan fingerprint density at radius 3 is 2.77 bits per heavy atom. The van der Waals surface area contributed by atoms with Crippen LogP contribution in [0.3, 0.4) is 0 Å². The minimum absolute atomic E-state index is 0.0361. The van der Waals surface area contributed by atoms with Crippen molar-refractivity contribution >= 4 is 32.6 Å². The molecule has 0 aliphatic carbocycles. The van der Waals surface area contributed by atoms with Gasteiger partial charge < -0.3 is 9.15 Å². The summed E-state index contributed by atoms with van der Waals surface area (Å²) in [5.74, 6) is -0.394. The van der Waals surface area contributed by atoms with E-state index in [9.17, 15) is 13.6 Å². The Morgan fingerprint density at radius 2 is 2.07 bits per heavy atom. The molecule has 0 unspecified atom stereocenters. The van der Waals surface area contributed by atoms with Crippen LogP contribution in [-0.2, 0) is 17.8 Å². The lowest BCUT2D eigenvalue weighted by molar-refractivity contribution is -0.118. The SMILES string of the molecule is COc1ccc(CC(=O)N(Cc2ccco2)c2nc3c(F)cc(F)cc3s2)cc1C. The van der Waals surface area contributed by atoms with Crippen LogP contribution in [0.25, 0.3) is 10.2 Å². The third-order valence-electron chi connectivity index (χ3n) is 4.64. The number of thiazole rings is 1. The van der Waals surface area contributed by atoms with Crippen LogP contribution in [-0.4, -0.2) is 18.0 Å². The van der Waals surface area contributed by atoms with Crippen LogP contribution in [0, 0.1) is 18.6 Å². The second kappa shape index (κ2) is 8.23. The number of benzene rings is 2. The molecule has 4 aromatic rings. The Hall–Kier alpha value is -3.26. The highest BCUT2D eigenvalue weighted by atomic mass is 32.1. The van der Waals surface area contributed by atoms with Crippen LogP contribution in [0.5, 0.6) is 5.75 Å². The number of furan rings is 1. The maximum atomic E-state index is 14.1. The molecule has 0 aliphatic heterocycles. The van der Waals surface area contributed by atoms with Gasteiger partial charge in [0.25, 0.3) is 0 Å². The zero-order valence-corrected chi connectivity index (χ0v) is 17.1. The van der Waals surface area contributed by atoms with Crippen LogP contribution in [0.2, 0.25) is 0 Å². The van der Waals surface area contributed by atoms with Crippen molar-refractivity contribution in [1.82, 2.24) is 4.98 Å². The van der Waals surface area contributed by atoms with Crippen molar-refractivity contribution in [3.05, 3.63) is 77.2 Å². The van der Waals surface area contributed by atoms with Gasteiger partial charge in [0.2, 0.25) is 5.91 Å². The summed E-state index contributed by atoms with van der Waals surface area (Å²) in [7, 11) is 1.59. The summed E-state index contributed by atoms with van der Waals surface area (Å²) in [4.78, 5) is 18.9. The Bertz CT molecular complexity index is 1200. The topological polar surface area (TPSA) is 55.6 Å². The van der Waals surface area contributed by atoms with Crippen molar-refractivity contribution < 1.29 is 22.7 Å². The van der Waals surface area contributed by atoms with Gasteiger partial charge in [-0.05, 0) is 42.3 Å². The zero-order valence-electron chi connectivity index (χ0n) is 16.3. The van der Waals surface area contributed by atoms with E-state index in [0.717, 1.165) is 34.3 Å². The highest BCUT2D eigenvalue weighted by molar-refractivity contribution is 7.22. The summed E-state index contributed by atoms with van der Waals surface area (Å²) in [6.45, 7) is 2.03. The molecule has 8 heteroatoms. The molecular weight excluding hydrogens is 410 g/mol. The lowest BCUT2D eigenvalue weighted by atomic mass is 10.1. The molecule has 4 rings (SSSR count). The molecule has 0 aliphatic rings. The van der Waals surface area contributed by atoms with Gasteiger partial charge in [0.15, 0.2) is 10.9 Å². The van der Waals surface area contributed by atoms with E-state index >= 15 is 0 Å². The Morgan fingerprint density at radius 1 is 1.23 bits per heavy atom. The molecule has 0 saturated carbocycles. The average molecular weight is 428 g/mol. The summed E-state index contributed by atoms with van der Waals surface area (Å²) in [5, 5.41) is 0.279. The molecule has 0 radical (unpaired) electrons. The van der Waals surface area contributed by atoms with Crippen molar-refractivity contribution in [2.24, 2.45) is 0 Å². The number of amides is 1. The van der Waals surface area contributed by atoms with E-state index in [0.29, 0.717) is 10.5 Å². The number of ether oxygens (including phenoxy) is 1. The molecule has 0 spiro atoms. The highest BCUT2D eigenvalue weighted by Crippen LogP contribution is 2.32. The van der Waals surface area contributed by atoms with Crippen LogP contribution in [0.1, 0.15) is 16.9 Å². The van der Waals surface area contributed by atoms with Crippen molar-refractivity contribution in [3.8, 4) is 5.75 Å². The number of hydrogen-bond donors (Lipinski definition) is 0. The summed E-state index contributed by atoms with van der Waals surface area (Å²) in [6, 6.07) is 11.0. The molecule has 0 saturated heterocycles. The third-order valence-corrected chi connectivity index (χ3v) is 5.67. The highest BCUT2D eigenvalue weighted by Gasteiger charge is 2.23. The fraction of sp³-hybridized carbons (Fsp3) is 0.182. The smallest absolute Gasteiger partial charge is 0.233 e. The summed E-state index contributed by atoms with van der Waals surface area (Å²) < 4.78 is 38.7. The van der Waals surface area contributed by atoms with Crippen molar-refractivity contribution in [2.75, 3.05) is 12.0 Å². The number of anilines is 1. The standard InChI is InChI=1S/C22H18F2N2O3S/c1-13-8-14(5-6-18(13)28-2)9-20(27)26(12-16-4-3-7-29-16)22-25-21-17(24)10-15(23)11-19(21)30-22/h3-8,10-11H,9,12H2,1-2H3. The quantitative estimate of drug-likeness (QED) is 0.420. The van der Waals surface area contributed by atoms with Gasteiger partial charge in [-0.2, -0.15) is 0 Å². The molecule has 0 N–H and O–H groups in total. The molecule has 2 aromatic carbocycles. The molecule has 0 fully saturated rings. The average Bonchev–Trinajstić information content (AvgIpc) is 3.35. The number of fused-ring (bicyclic) bond motifs is 1. The van der Waals surface area contributed by atoms with E-state index in [1.165, 1.54) is 17.2 Å². The molecule has 2 heterocycles. The summed E-state index contributed by atoms with van der Waals surface area (Å²) in [6.07, 6.45) is 1.62. The van der Waals surface area contributed by atoms with Gasteiger partial charge in [-0.1, -0.05) is 23.5 Å². The molecule has 30 heavy (non-hydrogen) atoms. The van der Waals surface area contributed by atoms with E-state index < -0.39 is 11.6 Å². The minimum atomic E-state index is -0.760. The van der Waals surface area contributed by atoms with Crippen LogP contribution >= 0.6 is 11.3 Å². The molecular formula is C22H18F2N2O3S. The predicted octanol–water partition coefficient (Wildman–Crippen LogP) is 5.26. The number of aromatic nitrogens is 1. The molecule has 154 valence electrons. The van der Waals surface area contributed by atoms with Crippen molar-refractivity contribution in [3.63, 3.8) is 0 Å². The third kappa shape index (κ3) is 4.04. The normalized spacial score (nSPS) is 11.1. The van der Waals surface area contributed by atoms with Crippen LogP contribution in [0.15, 0.2) is 53.1 Å². The van der Waals surface area contributed by atoms with Gasteiger partial charge in [-0.3, -0.25) is 9.69 Å². The largest absolute Gasteiger partial charge is 0.496 e. The van der Waals surface area contributed by atoms with Crippen molar-refractivity contribution in [2.45, 2.75) is 19.9 Å². The zero-order chi connectivity index (χ0) is 21.3. The molecule has 0 atom stereocenters. The first-order valence-electron chi connectivity index (χ1n) is 9.16. The number of aryl methyl sites for hydroxylation is 1. The Labute approximate surface area is 175 Å². The first-order valence-corrected chi connectivity index (χ1v) is 9.98. The maximum absolute atomic E-state index is 14.1. The van der Waals surface area contributed by atoms with E-state index in [1.54, 1.807) is 19.2 Å². The second-order valence-corrected chi connectivity index (χ2v) is 7.78. The molecule has 0 bridgehead atoms. The number of carbonyl (C=O) groups is 1.